The van der Waals surface area contributed by atoms with Gasteiger partial charge >= 0.3 is 6.09 Å². The average molecular weight is 494 g/mol. The second-order valence-corrected chi connectivity index (χ2v) is 10.7. The van der Waals surface area contributed by atoms with Crippen LogP contribution in [-0.2, 0) is 17.7 Å². The third-order valence-electron chi connectivity index (χ3n) is 6.77. The molecule has 1 amide bonds. The standard InChI is InChI=1S/C26H35N7O3/c1-26(2,3)36-25(34)32-10-7-20(8-11-32)33-23-19(15-28-33)14-27-24(30-23)29-21-12-18-16-31(4)9-6-17(18)13-22(21)35-5/h12-15,20H,6-11,16H2,1-5H3,(H,27,29,30). The van der Waals surface area contributed by atoms with E-state index in [0.717, 1.165) is 54.8 Å². The van der Waals surface area contributed by atoms with Crippen LogP contribution in [0.4, 0.5) is 16.4 Å². The zero-order chi connectivity index (χ0) is 25.4. The largest absolute Gasteiger partial charge is 0.495 e. The summed E-state index contributed by atoms with van der Waals surface area (Å²) in [5, 5.41) is 8.87. The van der Waals surface area contributed by atoms with Crippen LogP contribution in [0.2, 0.25) is 0 Å². The molecule has 0 spiro atoms. The molecule has 192 valence electrons. The Morgan fingerprint density at radius 2 is 1.89 bits per heavy atom. The summed E-state index contributed by atoms with van der Waals surface area (Å²) in [6.45, 7) is 8.85. The van der Waals surface area contributed by atoms with Crippen molar-refractivity contribution in [1.82, 2.24) is 29.5 Å². The molecule has 0 bridgehead atoms. The third kappa shape index (κ3) is 5.09. The van der Waals surface area contributed by atoms with Gasteiger partial charge in [0.1, 0.15) is 11.4 Å². The number of ether oxygens (including phenoxy) is 2. The molecule has 0 aliphatic carbocycles. The van der Waals surface area contributed by atoms with Crippen molar-refractivity contribution in [2.24, 2.45) is 0 Å². The first-order valence-corrected chi connectivity index (χ1v) is 12.5. The highest BCUT2D eigenvalue weighted by Gasteiger charge is 2.29. The maximum absolute atomic E-state index is 12.4. The number of carbonyl (C=O) groups excluding carboxylic acids is 1. The van der Waals surface area contributed by atoms with Crippen molar-refractivity contribution in [2.75, 3.05) is 39.1 Å². The van der Waals surface area contributed by atoms with Gasteiger partial charge in [-0.25, -0.2) is 14.5 Å². The highest BCUT2D eigenvalue weighted by Crippen LogP contribution is 2.33. The van der Waals surface area contributed by atoms with Crippen molar-refractivity contribution < 1.29 is 14.3 Å². The molecule has 2 aromatic heterocycles. The lowest BCUT2D eigenvalue weighted by atomic mass is 9.99. The summed E-state index contributed by atoms with van der Waals surface area (Å²) >= 11 is 0. The van der Waals surface area contributed by atoms with Crippen molar-refractivity contribution in [1.29, 1.82) is 0 Å². The molecular formula is C26H35N7O3. The van der Waals surface area contributed by atoms with E-state index in [4.69, 9.17) is 14.5 Å². The SMILES string of the molecule is COc1cc2c(cc1Nc1ncc3cnn(C4CCN(C(=O)OC(C)(C)C)CC4)c3n1)CN(C)CC2. The number of rotatable bonds is 4. The summed E-state index contributed by atoms with van der Waals surface area (Å²) in [7, 11) is 3.82. The van der Waals surface area contributed by atoms with E-state index in [1.165, 1.54) is 11.1 Å². The Morgan fingerprint density at radius 3 is 2.61 bits per heavy atom. The predicted octanol–water partition coefficient (Wildman–Crippen LogP) is 4.14. The van der Waals surface area contributed by atoms with Crippen LogP contribution in [-0.4, -0.2) is 75.0 Å². The van der Waals surface area contributed by atoms with Gasteiger partial charge in [0.25, 0.3) is 0 Å². The molecule has 0 radical (unpaired) electrons. The molecule has 5 rings (SSSR count). The fraction of sp³-hybridized carbons (Fsp3) is 0.538. The second-order valence-electron chi connectivity index (χ2n) is 10.7. The monoisotopic (exact) mass is 493 g/mol. The van der Waals surface area contributed by atoms with Crippen molar-refractivity contribution >= 4 is 28.8 Å². The molecule has 1 aromatic carbocycles. The highest BCUT2D eigenvalue weighted by molar-refractivity contribution is 5.76. The zero-order valence-corrected chi connectivity index (χ0v) is 21.7. The summed E-state index contributed by atoms with van der Waals surface area (Å²) in [6.07, 6.45) is 5.92. The number of fused-ring (bicyclic) bond motifs is 2. The topological polar surface area (TPSA) is 97.6 Å². The molecule has 4 heterocycles. The molecular weight excluding hydrogens is 458 g/mol. The number of nitrogens with zero attached hydrogens (tertiary/aromatic N) is 6. The molecule has 0 unspecified atom stereocenters. The van der Waals surface area contributed by atoms with E-state index in [9.17, 15) is 4.79 Å². The Balaban J connectivity index is 1.34. The molecule has 2 aliphatic rings. The van der Waals surface area contributed by atoms with Crippen LogP contribution >= 0.6 is 0 Å². The van der Waals surface area contributed by atoms with E-state index < -0.39 is 5.60 Å². The zero-order valence-electron chi connectivity index (χ0n) is 21.7. The summed E-state index contributed by atoms with van der Waals surface area (Å²) in [6, 6.07) is 4.41. The quantitative estimate of drug-likeness (QED) is 0.579. The van der Waals surface area contributed by atoms with Crippen LogP contribution in [0.25, 0.3) is 11.0 Å². The lowest BCUT2D eigenvalue weighted by Crippen LogP contribution is -2.42. The predicted molar refractivity (Wildman–Crippen MR) is 138 cm³/mol. The molecule has 2 aliphatic heterocycles. The van der Waals surface area contributed by atoms with E-state index in [2.05, 4.69) is 39.5 Å². The molecule has 1 saturated heterocycles. The van der Waals surface area contributed by atoms with Crippen LogP contribution in [0.1, 0.15) is 50.8 Å². The van der Waals surface area contributed by atoms with Gasteiger partial charge in [0, 0.05) is 32.4 Å². The minimum atomic E-state index is -0.497. The molecule has 0 saturated carbocycles. The number of piperidine rings is 1. The Hall–Kier alpha value is -3.40. The summed E-state index contributed by atoms with van der Waals surface area (Å²) in [5.74, 6) is 1.28. The van der Waals surface area contributed by atoms with E-state index in [0.29, 0.717) is 19.0 Å². The van der Waals surface area contributed by atoms with Crippen LogP contribution < -0.4 is 10.1 Å². The van der Waals surface area contributed by atoms with Crippen molar-refractivity contribution in [3.63, 3.8) is 0 Å². The minimum absolute atomic E-state index is 0.151. The first kappa shape index (κ1) is 24.3. The molecule has 10 nitrogen and oxygen atoms in total. The van der Waals surface area contributed by atoms with Gasteiger partial charge in [-0.2, -0.15) is 10.1 Å². The van der Waals surface area contributed by atoms with Gasteiger partial charge in [-0.1, -0.05) is 0 Å². The number of aromatic nitrogens is 4. The van der Waals surface area contributed by atoms with Crippen LogP contribution in [0.5, 0.6) is 5.75 Å². The van der Waals surface area contributed by atoms with Gasteiger partial charge in [-0.05, 0) is 70.3 Å². The van der Waals surface area contributed by atoms with Gasteiger partial charge in [0.2, 0.25) is 5.95 Å². The van der Waals surface area contributed by atoms with E-state index in [-0.39, 0.29) is 12.1 Å². The van der Waals surface area contributed by atoms with Gasteiger partial charge in [0.15, 0.2) is 5.65 Å². The fourth-order valence-electron chi connectivity index (χ4n) is 4.90. The number of methoxy groups -OCH3 is 1. The number of benzene rings is 1. The highest BCUT2D eigenvalue weighted by atomic mass is 16.6. The molecule has 1 fully saturated rings. The van der Waals surface area contributed by atoms with E-state index in [1.54, 1.807) is 24.4 Å². The maximum Gasteiger partial charge on any atom is 0.410 e. The Morgan fingerprint density at radius 1 is 1.11 bits per heavy atom. The molecule has 3 aromatic rings. The molecule has 0 atom stereocenters. The molecule has 10 heteroatoms. The number of hydrogen-bond acceptors (Lipinski definition) is 8. The molecule has 36 heavy (non-hydrogen) atoms. The molecule has 1 N–H and O–H groups in total. The summed E-state index contributed by atoms with van der Waals surface area (Å²) in [4.78, 5) is 25.9. The lowest BCUT2D eigenvalue weighted by Gasteiger charge is -2.33. The van der Waals surface area contributed by atoms with Crippen LogP contribution in [0.15, 0.2) is 24.5 Å². The number of carbonyl (C=O) groups is 1. The lowest BCUT2D eigenvalue weighted by molar-refractivity contribution is 0.0186. The minimum Gasteiger partial charge on any atom is -0.495 e. The van der Waals surface area contributed by atoms with Gasteiger partial charge in [-0.15, -0.1) is 0 Å². The number of anilines is 2. The number of hydrogen-bond donors (Lipinski definition) is 1. The summed E-state index contributed by atoms with van der Waals surface area (Å²) in [5.41, 5.74) is 3.74. The van der Waals surface area contributed by atoms with Crippen LogP contribution in [0.3, 0.4) is 0 Å². The average Bonchev–Trinajstić information content (AvgIpc) is 3.26. The summed E-state index contributed by atoms with van der Waals surface area (Å²) < 4.78 is 13.2. The van der Waals surface area contributed by atoms with E-state index >= 15 is 0 Å². The normalized spacial score (nSPS) is 17.2. The Labute approximate surface area is 211 Å². The van der Waals surface area contributed by atoms with Gasteiger partial charge < -0.3 is 24.6 Å². The Bertz CT molecular complexity index is 1260. The van der Waals surface area contributed by atoms with Gasteiger partial charge in [0.05, 0.1) is 30.4 Å². The van der Waals surface area contributed by atoms with Crippen molar-refractivity contribution in [2.45, 2.75) is 58.2 Å². The fourth-order valence-corrected chi connectivity index (χ4v) is 4.90. The number of nitrogens with one attached hydrogen (secondary N) is 1. The smallest absolute Gasteiger partial charge is 0.410 e. The third-order valence-corrected chi connectivity index (χ3v) is 6.77. The van der Waals surface area contributed by atoms with Crippen molar-refractivity contribution in [3.8, 4) is 5.75 Å². The van der Waals surface area contributed by atoms with E-state index in [1.807, 2.05) is 25.5 Å². The Kier molecular flexibility index (Phi) is 6.46. The van der Waals surface area contributed by atoms with Crippen LogP contribution in [0, 0.1) is 0 Å². The first-order chi connectivity index (χ1) is 17.2. The number of amides is 1. The number of likely N-dealkylation sites (N-methyl/N-ethyl adjacent to an activating group) is 1. The second kappa shape index (κ2) is 9.57. The first-order valence-electron chi connectivity index (χ1n) is 12.5. The number of likely N-dealkylation sites (tertiary alicyclic amines) is 1. The van der Waals surface area contributed by atoms with Crippen molar-refractivity contribution in [3.05, 3.63) is 35.7 Å². The maximum atomic E-state index is 12.4. The van der Waals surface area contributed by atoms with Gasteiger partial charge in [-0.3, -0.25) is 0 Å².